The molecule has 7 heteroatoms. The molecule has 0 heterocycles. The van der Waals surface area contributed by atoms with Gasteiger partial charge in [-0.15, -0.1) is 0 Å². The zero-order chi connectivity index (χ0) is 15.6. The summed E-state index contributed by atoms with van der Waals surface area (Å²) in [5.41, 5.74) is 2.42. The van der Waals surface area contributed by atoms with Crippen LogP contribution in [0.15, 0.2) is 18.2 Å². The second-order valence-electron chi connectivity index (χ2n) is 5.44. The van der Waals surface area contributed by atoms with E-state index in [1.165, 1.54) is 0 Å². The monoisotopic (exact) mass is 308 g/mol. The van der Waals surface area contributed by atoms with Crippen LogP contribution in [0.1, 0.15) is 37.3 Å². The van der Waals surface area contributed by atoms with Gasteiger partial charge in [-0.3, -0.25) is 11.3 Å². The molecule has 1 fully saturated rings. The fraction of sp³-hybridized carbons (Fsp3) is 0.571. The Bertz CT molecular complexity index is 468. The summed E-state index contributed by atoms with van der Waals surface area (Å²) in [5, 5.41) is 0. The maximum Gasteiger partial charge on any atom is 0.392 e. The standard InChI is InChI=1S/C14H17F5N2/c15-9-5-8(6-10(16)7-9)13(21-20)11-3-1-2-4-12(11)14(17,18)19/h5-7,11-13,21H,1-4,20H2. The van der Waals surface area contributed by atoms with E-state index in [1.54, 1.807) is 0 Å². The third kappa shape index (κ3) is 3.71. The minimum absolute atomic E-state index is 0.0180. The lowest BCUT2D eigenvalue weighted by Crippen LogP contribution is -2.43. The predicted octanol–water partition coefficient (Wildman–Crippen LogP) is 3.84. The van der Waals surface area contributed by atoms with Crippen molar-refractivity contribution in [3.05, 3.63) is 35.4 Å². The molecule has 0 aromatic heterocycles. The molecule has 1 aliphatic carbocycles. The van der Waals surface area contributed by atoms with Gasteiger partial charge in [-0.1, -0.05) is 12.8 Å². The van der Waals surface area contributed by atoms with Crippen molar-refractivity contribution in [3.8, 4) is 0 Å². The normalized spacial score (nSPS) is 24.9. The van der Waals surface area contributed by atoms with E-state index in [4.69, 9.17) is 5.84 Å². The van der Waals surface area contributed by atoms with Crippen LogP contribution in [-0.4, -0.2) is 6.18 Å². The van der Waals surface area contributed by atoms with Gasteiger partial charge in [0.1, 0.15) is 11.6 Å². The summed E-state index contributed by atoms with van der Waals surface area (Å²) >= 11 is 0. The van der Waals surface area contributed by atoms with Gasteiger partial charge in [0.25, 0.3) is 0 Å². The van der Waals surface area contributed by atoms with Crippen molar-refractivity contribution in [2.24, 2.45) is 17.7 Å². The second-order valence-corrected chi connectivity index (χ2v) is 5.44. The first-order chi connectivity index (χ1) is 9.82. The summed E-state index contributed by atoms with van der Waals surface area (Å²) in [7, 11) is 0. The van der Waals surface area contributed by atoms with Crippen LogP contribution < -0.4 is 11.3 Å². The lowest BCUT2D eigenvalue weighted by atomic mass is 9.73. The molecule has 118 valence electrons. The first-order valence-corrected chi connectivity index (χ1v) is 6.81. The number of benzene rings is 1. The van der Waals surface area contributed by atoms with Crippen molar-refractivity contribution in [1.29, 1.82) is 0 Å². The molecule has 0 bridgehead atoms. The first kappa shape index (κ1) is 16.2. The Hall–Kier alpha value is -1.21. The number of halogens is 5. The number of rotatable bonds is 3. The van der Waals surface area contributed by atoms with Gasteiger partial charge >= 0.3 is 6.18 Å². The van der Waals surface area contributed by atoms with Crippen LogP contribution in [0.2, 0.25) is 0 Å². The highest BCUT2D eigenvalue weighted by atomic mass is 19.4. The van der Waals surface area contributed by atoms with E-state index in [0.29, 0.717) is 25.3 Å². The number of hydrogen-bond donors (Lipinski definition) is 2. The molecule has 3 atom stereocenters. The van der Waals surface area contributed by atoms with Crippen LogP contribution in [0, 0.1) is 23.5 Å². The van der Waals surface area contributed by atoms with E-state index in [0.717, 1.165) is 12.1 Å². The molecule has 0 radical (unpaired) electrons. The molecule has 1 saturated carbocycles. The van der Waals surface area contributed by atoms with Gasteiger partial charge in [-0.2, -0.15) is 13.2 Å². The molecule has 1 aliphatic rings. The average Bonchev–Trinajstić information content (AvgIpc) is 2.38. The summed E-state index contributed by atoms with van der Waals surface area (Å²) in [6.45, 7) is 0. The highest BCUT2D eigenvalue weighted by Gasteiger charge is 2.48. The number of hydrazine groups is 1. The van der Waals surface area contributed by atoms with E-state index >= 15 is 0 Å². The molecule has 21 heavy (non-hydrogen) atoms. The topological polar surface area (TPSA) is 38.0 Å². The minimum Gasteiger partial charge on any atom is -0.271 e. The van der Waals surface area contributed by atoms with Gasteiger partial charge in [-0.05, 0) is 36.5 Å². The Kier molecular flexibility index (Phi) is 4.83. The van der Waals surface area contributed by atoms with E-state index in [2.05, 4.69) is 5.43 Å². The average molecular weight is 308 g/mol. The van der Waals surface area contributed by atoms with Crippen molar-refractivity contribution in [1.82, 2.24) is 5.43 Å². The number of alkyl halides is 3. The Morgan fingerprint density at radius 3 is 2.14 bits per heavy atom. The first-order valence-electron chi connectivity index (χ1n) is 6.81. The summed E-state index contributed by atoms with van der Waals surface area (Å²) in [6, 6.07) is 1.80. The summed E-state index contributed by atoms with van der Waals surface area (Å²) in [6.07, 6.45) is -2.86. The predicted molar refractivity (Wildman–Crippen MR) is 67.9 cm³/mol. The lowest BCUT2D eigenvalue weighted by molar-refractivity contribution is -0.199. The molecule has 0 amide bonds. The van der Waals surface area contributed by atoms with Crippen molar-refractivity contribution < 1.29 is 22.0 Å². The molecular weight excluding hydrogens is 291 g/mol. The Labute approximate surface area is 119 Å². The second kappa shape index (κ2) is 6.27. The van der Waals surface area contributed by atoms with Gasteiger partial charge < -0.3 is 0 Å². The van der Waals surface area contributed by atoms with Crippen molar-refractivity contribution in [2.75, 3.05) is 0 Å². The summed E-state index contributed by atoms with van der Waals surface area (Å²) in [4.78, 5) is 0. The third-order valence-electron chi connectivity index (χ3n) is 4.09. The van der Waals surface area contributed by atoms with Gasteiger partial charge in [0.05, 0.1) is 5.92 Å². The summed E-state index contributed by atoms with van der Waals surface area (Å²) < 4.78 is 66.0. The molecule has 1 aromatic carbocycles. The maximum atomic E-state index is 13.3. The fourth-order valence-electron chi connectivity index (χ4n) is 3.19. The van der Waals surface area contributed by atoms with Crippen LogP contribution in [0.3, 0.4) is 0 Å². The SMILES string of the molecule is NNC(c1cc(F)cc(F)c1)C1CCCCC1C(F)(F)F. The van der Waals surface area contributed by atoms with Crippen molar-refractivity contribution in [3.63, 3.8) is 0 Å². The van der Waals surface area contributed by atoms with Gasteiger partial charge in [0.2, 0.25) is 0 Å². The molecule has 3 unspecified atom stereocenters. The van der Waals surface area contributed by atoms with E-state index < -0.39 is 35.7 Å². The van der Waals surface area contributed by atoms with Gasteiger partial charge in [-0.25, -0.2) is 8.78 Å². The molecule has 2 rings (SSSR count). The van der Waals surface area contributed by atoms with Crippen LogP contribution in [0.4, 0.5) is 22.0 Å². The summed E-state index contributed by atoms with van der Waals surface area (Å²) in [5.74, 6) is 1.38. The molecule has 0 saturated heterocycles. The highest BCUT2D eigenvalue weighted by Crippen LogP contribution is 2.46. The Balaban J connectivity index is 2.34. The quantitative estimate of drug-likeness (QED) is 0.506. The molecule has 0 spiro atoms. The fourth-order valence-corrected chi connectivity index (χ4v) is 3.19. The van der Waals surface area contributed by atoms with E-state index in [1.807, 2.05) is 0 Å². The van der Waals surface area contributed by atoms with Gasteiger partial charge in [0, 0.05) is 12.1 Å². The van der Waals surface area contributed by atoms with E-state index in [9.17, 15) is 22.0 Å². The maximum absolute atomic E-state index is 13.3. The number of hydrogen-bond acceptors (Lipinski definition) is 2. The van der Waals surface area contributed by atoms with Crippen molar-refractivity contribution >= 4 is 0 Å². The van der Waals surface area contributed by atoms with Crippen LogP contribution >= 0.6 is 0 Å². The molecule has 2 nitrogen and oxygen atoms in total. The molecule has 3 N–H and O–H groups in total. The largest absolute Gasteiger partial charge is 0.392 e. The molecule has 1 aromatic rings. The van der Waals surface area contributed by atoms with Gasteiger partial charge in [0.15, 0.2) is 0 Å². The lowest BCUT2D eigenvalue weighted by Gasteiger charge is -2.38. The number of nitrogens with two attached hydrogens (primary N) is 1. The minimum atomic E-state index is -4.34. The van der Waals surface area contributed by atoms with Crippen molar-refractivity contribution in [2.45, 2.75) is 37.9 Å². The molecule has 0 aliphatic heterocycles. The van der Waals surface area contributed by atoms with Crippen LogP contribution in [-0.2, 0) is 0 Å². The Morgan fingerprint density at radius 1 is 1.05 bits per heavy atom. The molecular formula is C14H17F5N2. The zero-order valence-electron chi connectivity index (χ0n) is 11.3. The number of nitrogens with one attached hydrogen (secondary N) is 1. The smallest absolute Gasteiger partial charge is 0.271 e. The van der Waals surface area contributed by atoms with E-state index in [-0.39, 0.29) is 12.0 Å². The van der Waals surface area contributed by atoms with Crippen LogP contribution in [0.5, 0.6) is 0 Å². The third-order valence-corrected chi connectivity index (χ3v) is 4.09. The van der Waals surface area contributed by atoms with Crippen LogP contribution in [0.25, 0.3) is 0 Å². The Morgan fingerprint density at radius 2 is 1.62 bits per heavy atom. The zero-order valence-corrected chi connectivity index (χ0v) is 11.3. The highest BCUT2D eigenvalue weighted by molar-refractivity contribution is 5.22.